The number of rotatable bonds is 6. The number of ether oxygens (including phenoxy) is 1. The van der Waals surface area contributed by atoms with E-state index in [0.29, 0.717) is 10.9 Å². The number of hydrogen-bond acceptors (Lipinski definition) is 7. The molecular formula is C20H22N4O4S. The fourth-order valence-electron chi connectivity index (χ4n) is 2.71. The number of hydrogen-bond donors (Lipinski definition) is 0. The van der Waals surface area contributed by atoms with Crippen LogP contribution < -0.4 is 11.2 Å². The van der Waals surface area contributed by atoms with E-state index in [2.05, 4.69) is 9.97 Å². The number of nitrogens with zero attached hydrogens (tertiary/aromatic N) is 4. The summed E-state index contributed by atoms with van der Waals surface area (Å²) in [6.07, 6.45) is 0. The summed E-state index contributed by atoms with van der Waals surface area (Å²) in [5.41, 5.74) is 0.203. The number of aromatic nitrogens is 4. The smallest absolute Gasteiger partial charge is 0.332 e. The van der Waals surface area contributed by atoms with Crippen LogP contribution >= 0.6 is 11.8 Å². The third-order valence-corrected chi connectivity index (χ3v) is 5.32. The Hall–Kier alpha value is -2.94. The molecule has 2 heterocycles. The van der Waals surface area contributed by atoms with Gasteiger partial charge in [-0.05, 0) is 5.56 Å². The van der Waals surface area contributed by atoms with Crippen molar-refractivity contribution in [1.29, 1.82) is 0 Å². The Morgan fingerprint density at radius 1 is 1.10 bits per heavy atom. The van der Waals surface area contributed by atoms with Gasteiger partial charge >= 0.3 is 11.7 Å². The zero-order chi connectivity index (χ0) is 21.1. The van der Waals surface area contributed by atoms with Gasteiger partial charge in [-0.3, -0.25) is 18.7 Å². The first-order chi connectivity index (χ1) is 13.8. The zero-order valence-corrected chi connectivity index (χ0v) is 17.5. The molecular weight excluding hydrogens is 392 g/mol. The zero-order valence-electron chi connectivity index (χ0n) is 16.7. The molecule has 2 aromatic heterocycles. The van der Waals surface area contributed by atoms with Crippen LogP contribution in [0, 0.1) is 0 Å². The molecule has 0 amide bonds. The first-order valence-corrected chi connectivity index (χ1v) is 10.1. The summed E-state index contributed by atoms with van der Waals surface area (Å²) in [5, 5.41) is 0.589. The van der Waals surface area contributed by atoms with Crippen molar-refractivity contribution in [3.05, 3.63) is 62.6 Å². The molecule has 3 rings (SSSR count). The van der Waals surface area contributed by atoms with Crippen molar-refractivity contribution >= 4 is 28.8 Å². The Bertz CT molecular complexity index is 1170. The van der Waals surface area contributed by atoms with E-state index in [0.717, 1.165) is 21.9 Å². The lowest BCUT2D eigenvalue weighted by Gasteiger charge is -2.13. The van der Waals surface area contributed by atoms with Gasteiger partial charge in [0, 0.05) is 20.0 Å². The molecule has 0 bridgehead atoms. The molecule has 9 heteroatoms. The Morgan fingerprint density at radius 3 is 2.45 bits per heavy atom. The molecule has 0 aliphatic carbocycles. The topological polar surface area (TPSA) is 96.1 Å². The van der Waals surface area contributed by atoms with Crippen molar-refractivity contribution in [3.63, 3.8) is 0 Å². The van der Waals surface area contributed by atoms with Crippen LogP contribution in [0.3, 0.4) is 0 Å². The van der Waals surface area contributed by atoms with Crippen LogP contribution in [0.5, 0.6) is 0 Å². The third-order valence-electron chi connectivity index (χ3n) is 4.37. The second kappa shape index (κ2) is 8.60. The maximum absolute atomic E-state index is 12.7. The fraction of sp³-hybridized carbons (Fsp3) is 0.350. The van der Waals surface area contributed by atoms with E-state index < -0.39 is 17.2 Å². The highest BCUT2D eigenvalue weighted by molar-refractivity contribution is 8.00. The van der Waals surface area contributed by atoms with Crippen LogP contribution in [0.4, 0.5) is 0 Å². The average Bonchev–Trinajstić information content (AvgIpc) is 2.73. The fourth-order valence-corrected chi connectivity index (χ4v) is 3.53. The highest BCUT2D eigenvalue weighted by atomic mass is 32.2. The number of thioether (sulfide) groups is 1. The molecule has 0 saturated carbocycles. The van der Waals surface area contributed by atoms with Crippen LogP contribution in [-0.4, -0.2) is 30.8 Å². The Kier molecular flexibility index (Phi) is 6.17. The van der Waals surface area contributed by atoms with Gasteiger partial charge in [0.05, 0.1) is 5.75 Å². The van der Waals surface area contributed by atoms with Crippen molar-refractivity contribution in [2.45, 2.75) is 31.4 Å². The van der Waals surface area contributed by atoms with E-state index in [-0.39, 0.29) is 29.3 Å². The van der Waals surface area contributed by atoms with E-state index in [1.54, 1.807) is 7.05 Å². The summed E-state index contributed by atoms with van der Waals surface area (Å²) in [6.45, 7) is 4.02. The second-order valence-electron chi connectivity index (χ2n) is 6.88. The predicted octanol–water partition coefficient (Wildman–Crippen LogP) is 1.99. The number of carbonyl (C=O) groups is 1. The molecule has 0 aliphatic heterocycles. The quantitative estimate of drug-likeness (QED) is 0.346. The maximum Gasteiger partial charge on any atom is 0.332 e. The molecule has 0 atom stereocenters. The number of benzene rings is 1. The van der Waals surface area contributed by atoms with Gasteiger partial charge in [-0.15, -0.1) is 0 Å². The van der Waals surface area contributed by atoms with Gasteiger partial charge in [0.2, 0.25) is 0 Å². The van der Waals surface area contributed by atoms with Crippen LogP contribution in [0.1, 0.15) is 31.2 Å². The summed E-state index contributed by atoms with van der Waals surface area (Å²) in [7, 11) is 2.97. The predicted molar refractivity (Wildman–Crippen MR) is 111 cm³/mol. The minimum Gasteiger partial charge on any atom is -0.460 e. The van der Waals surface area contributed by atoms with E-state index in [9.17, 15) is 14.4 Å². The molecule has 3 aromatic rings. The van der Waals surface area contributed by atoms with Gasteiger partial charge in [0.15, 0.2) is 5.65 Å². The number of aryl methyl sites for hydroxylation is 1. The maximum atomic E-state index is 12.7. The van der Waals surface area contributed by atoms with Gasteiger partial charge < -0.3 is 4.74 Å². The molecule has 29 heavy (non-hydrogen) atoms. The van der Waals surface area contributed by atoms with Crippen LogP contribution in [0.15, 0.2) is 44.9 Å². The molecule has 1 aromatic carbocycles. The highest BCUT2D eigenvalue weighted by Crippen LogP contribution is 2.24. The molecule has 0 spiro atoms. The molecule has 0 aliphatic rings. The third kappa shape index (κ3) is 4.40. The molecule has 8 nitrogen and oxygen atoms in total. The lowest BCUT2D eigenvalue weighted by molar-refractivity contribution is -0.141. The van der Waals surface area contributed by atoms with Crippen LogP contribution in [-0.2, 0) is 30.2 Å². The number of esters is 1. The summed E-state index contributed by atoms with van der Waals surface area (Å²) in [5.74, 6) is 0.0601. The van der Waals surface area contributed by atoms with Crippen molar-refractivity contribution in [3.8, 4) is 0 Å². The van der Waals surface area contributed by atoms with Crippen LogP contribution in [0.2, 0.25) is 0 Å². The standard InChI is InChI=1S/C20H22N4O4S/c1-12(2)16-21-17-15(19(26)24(4)20(27)23(17)3)18(22-16)29-11-14(25)28-10-13-8-6-5-7-9-13/h5-9,12H,10-11H2,1-4H3. The van der Waals surface area contributed by atoms with Gasteiger partial charge in [0.1, 0.15) is 22.8 Å². The molecule has 0 N–H and O–H groups in total. The summed E-state index contributed by atoms with van der Waals surface area (Å²) >= 11 is 1.11. The Labute approximate surface area is 171 Å². The van der Waals surface area contributed by atoms with Gasteiger partial charge in [-0.2, -0.15) is 0 Å². The van der Waals surface area contributed by atoms with E-state index >= 15 is 0 Å². The van der Waals surface area contributed by atoms with Gasteiger partial charge in [-0.1, -0.05) is 55.9 Å². The van der Waals surface area contributed by atoms with E-state index in [1.807, 2.05) is 44.2 Å². The molecule has 0 unspecified atom stereocenters. The highest BCUT2D eigenvalue weighted by Gasteiger charge is 2.19. The first kappa shape index (κ1) is 20.8. The van der Waals surface area contributed by atoms with Crippen molar-refractivity contribution in [1.82, 2.24) is 19.1 Å². The average molecular weight is 414 g/mol. The lowest BCUT2D eigenvalue weighted by atomic mass is 10.2. The molecule has 152 valence electrons. The van der Waals surface area contributed by atoms with E-state index in [1.165, 1.54) is 11.6 Å². The molecule has 0 fully saturated rings. The largest absolute Gasteiger partial charge is 0.460 e. The van der Waals surface area contributed by atoms with Gasteiger partial charge in [0.25, 0.3) is 5.56 Å². The van der Waals surface area contributed by atoms with Crippen LogP contribution in [0.25, 0.3) is 11.0 Å². The Balaban J connectivity index is 1.90. The summed E-state index contributed by atoms with van der Waals surface area (Å²) < 4.78 is 7.63. The molecule has 0 radical (unpaired) electrons. The SMILES string of the molecule is CC(C)c1nc(SCC(=O)OCc2ccccc2)c2c(=O)n(C)c(=O)n(C)c2n1. The normalized spacial score (nSPS) is 11.2. The minimum absolute atomic E-state index is 0.0112. The van der Waals surface area contributed by atoms with Crippen molar-refractivity contribution in [2.75, 3.05) is 5.75 Å². The van der Waals surface area contributed by atoms with E-state index in [4.69, 9.17) is 4.74 Å². The minimum atomic E-state index is -0.487. The van der Waals surface area contributed by atoms with Crippen molar-refractivity contribution in [2.24, 2.45) is 14.1 Å². The molecule has 0 saturated heterocycles. The first-order valence-electron chi connectivity index (χ1n) is 9.09. The number of carbonyl (C=O) groups excluding carboxylic acids is 1. The lowest BCUT2D eigenvalue weighted by Crippen LogP contribution is -2.38. The second-order valence-corrected chi connectivity index (χ2v) is 7.85. The number of fused-ring (bicyclic) bond motifs is 1. The summed E-state index contributed by atoms with van der Waals surface area (Å²) in [4.78, 5) is 46.0. The van der Waals surface area contributed by atoms with Crippen molar-refractivity contribution < 1.29 is 9.53 Å². The summed E-state index contributed by atoms with van der Waals surface area (Å²) in [6, 6.07) is 9.38. The monoisotopic (exact) mass is 414 g/mol. The van der Waals surface area contributed by atoms with Gasteiger partial charge in [-0.25, -0.2) is 14.8 Å². The Morgan fingerprint density at radius 2 is 1.79 bits per heavy atom.